The number of hydrogen-bond donors (Lipinski definition) is 2. The Morgan fingerprint density at radius 2 is 1.82 bits per heavy atom. The van der Waals surface area contributed by atoms with E-state index in [9.17, 15) is 20.0 Å². The molecule has 142 valence electrons. The highest BCUT2D eigenvalue weighted by molar-refractivity contribution is 6.01. The van der Waals surface area contributed by atoms with E-state index >= 15 is 0 Å². The summed E-state index contributed by atoms with van der Waals surface area (Å²) < 4.78 is 0. The number of amides is 1. The molecule has 0 heterocycles. The van der Waals surface area contributed by atoms with Crippen molar-refractivity contribution in [2.45, 2.75) is 0 Å². The van der Waals surface area contributed by atoms with Crippen LogP contribution in [0.2, 0.25) is 0 Å². The quantitative estimate of drug-likeness (QED) is 0.402. The second-order valence-corrected chi connectivity index (χ2v) is 6.32. The van der Waals surface area contributed by atoms with Crippen molar-refractivity contribution in [3.63, 3.8) is 0 Å². The Hall–Kier alpha value is -3.94. The van der Waals surface area contributed by atoms with Crippen LogP contribution in [0.1, 0.15) is 15.9 Å². The summed E-state index contributed by atoms with van der Waals surface area (Å²) in [6.07, 6.45) is 1.31. The number of nitrogens with one attached hydrogen (secondary N) is 1. The summed E-state index contributed by atoms with van der Waals surface area (Å²) in [4.78, 5) is 24.7. The molecule has 3 rings (SSSR count). The van der Waals surface area contributed by atoms with Gasteiger partial charge in [-0.2, -0.15) is 5.10 Å². The normalized spacial score (nSPS) is 10.9. The number of rotatable bonds is 5. The van der Waals surface area contributed by atoms with Gasteiger partial charge in [0.2, 0.25) is 0 Å². The van der Waals surface area contributed by atoms with Gasteiger partial charge in [-0.15, -0.1) is 0 Å². The first-order valence-corrected chi connectivity index (χ1v) is 8.38. The molecule has 0 bridgehead atoms. The standard InChI is InChI=1S/C20H18N4O4/c1-23(2)17-8-7-13(9-18(17)24(27)28)12-21-22-20(26)16-10-14-5-3-4-6-15(14)11-19(16)25/h3-12,25H,1-2H3,(H,22,26)/b21-12-. The number of hydrogen-bond acceptors (Lipinski definition) is 6. The number of benzene rings is 3. The van der Waals surface area contributed by atoms with Gasteiger partial charge in [-0.1, -0.05) is 30.3 Å². The second kappa shape index (κ2) is 7.75. The molecule has 2 N–H and O–H groups in total. The molecule has 28 heavy (non-hydrogen) atoms. The fourth-order valence-corrected chi connectivity index (χ4v) is 2.78. The van der Waals surface area contributed by atoms with E-state index in [1.165, 1.54) is 18.3 Å². The molecule has 3 aromatic carbocycles. The average molecular weight is 378 g/mol. The maximum Gasteiger partial charge on any atom is 0.293 e. The fraction of sp³-hybridized carbons (Fsp3) is 0.100. The lowest BCUT2D eigenvalue weighted by Crippen LogP contribution is -2.17. The summed E-state index contributed by atoms with van der Waals surface area (Å²) in [6, 6.07) is 15.1. The molecule has 3 aromatic rings. The lowest BCUT2D eigenvalue weighted by atomic mass is 10.1. The van der Waals surface area contributed by atoms with Gasteiger partial charge in [0.1, 0.15) is 11.4 Å². The highest BCUT2D eigenvalue weighted by atomic mass is 16.6. The van der Waals surface area contributed by atoms with E-state index in [0.717, 1.165) is 10.8 Å². The molecule has 0 saturated carbocycles. The molecule has 0 radical (unpaired) electrons. The minimum atomic E-state index is -0.584. The van der Waals surface area contributed by atoms with Gasteiger partial charge < -0.3 is 10.0 Å². The van der Waals surface area contributed by atoms with Crippen molar-refractivity contribution in [2.75, 3.05) is 19.0 Å². The van der Waals surface area contributed by atoms with Crippen LogP contribution in [-0.2, 0) is 0 Å². The third kappa shape index (κ3) is 3.90. The highest BCUT2D eigenvalue weighted by Gasteiger charge is 2.16. The SMILES string of the molecule is CN(C)c1ccc(/C=N\NC(=O)c2cc3ccccc3cc2O)cc1[N+](=O)[O-]. The zero-order valence-corrected chi connectivity index (χ0v) is 15.3. The number of nitrogens with zero attached hydrogens (tertiary/aromatic N) is 3. The Balaban J connectivity index is 1.79. The number of nitro groups is 1. The molecule has 8 heteroatoms. The van der Waals surface area contributed by atoms with Gasteiger partial charge in [0, 0.05) is 25.7 Å². The molecular weight excluding hydrogens is 360 g/mol. The molecule has 1 amide bonds. The Bertz CT molecular complexity index is 1090. The van der Waals surface area contributed by atoms with Gasteiger partial charge in [0.05, 0.1) is 16.7 Å². The van der Waals surface area contributed by atoms with E-state index in [-0.39, 0.29) is 17.0 Å². The Morgan fingerprint density at radius 3 is 2.46 bits per heavy atom. The van der Waals surface area contributed by atoms with Gasteiger partial charge in [0.25, 0.3) is 11.6 Å². The van der Waals surface area contributed by atoms with Crippen LogP contribution in [0.5, 0.6) is 5.75 Å². The fourth-order valence-electron chi connectivity index (χ4n) is 2.78. The molecule has 8 nitrogen and oxygen atoms in total. The third-order valence-electron chi connectivity index (χ3n) is 4.17. The van der Waals surface area contributed by atoms with Crippen LogP contribution in [0.3, 0.4) is 0 Å². The van der Waals surface area contributed by atoms with Gasteiger partial charge >= 0.3 is 0 Å². The smallest absolute Gasteiger partial charge is 0.293 e. The Morgan fingerprint density at radius 1 is 1.14 bits per heavy atom. The number of anilines is 1. The molecule has 0 atom stereocenters. The van der Waals surface area contributed by atoms with Crippen LogP contribution in [0.25, 0.3) is 10.8 Å². The number of aromatic hydroxyl groups is 1. The number of nitro benzene ring substituents is 1. The maximum absolute atomic E-state index is 12.3. The van der Waals surface area contributed by atoms with Crippen LogP contribution >= 0.6 is 0 Å². The van der Waals surface area contributed by atoms with E-state index in [1.54, 1.807) is 37.2 Å². The van der Waals surface area contributed by atoms with E-state index in [4.69, 9.17) is 0 Å². The van der Waals surface area contributed by atoms with Crippen molar-refractivity contribution < 1.29 is 14.8 Å². The van der Waals surface area contributed by atoms with Gasteiger partial charge in [-0.05, 0) is 29.0 Å². The van der Waals surface area contributed by atoms with Gasteiger partial charge in [0.15, 0.2) is 0 Å². The van der Waals surface area contributed by atoms with Crippen LogP contribution < -0.4 is 10.3 Å². The van der Waals surface area contributed by atoms with Crippen molar-refractivity contribution >= 4 is 34.3 Å². The van der Waals surface area contributed by atoms with Crippen molar-refractivity contribution in [1.29, 1.82) is 0 Å². The van der Waals surface area contributed by atoms with Gasteiger partial charge in [-0.25, -0.2) is 5.43 Å². The number of phenolic OH excluding ortho intramolecular Hbond substituents is 1. The first-order valence-electron chi connectivity index (χ1n) is 8.38. The van der Waals surface area contributed by atoms with E-state index in [0.29, 0.717) is 11.3 Å². The molecule has 0 aliphatic heterocycles. The number of carbonyl (C=O) groups is 1. The highest BCUT2D eigenvalue weighted by Crippen LogP contribution is 2.27. The molecule has 0 aromatic heterocycles. The monoisotopic (exact) mass is 378 g/mol. The van der Waals surface area contributed by atoms with Crippen LogP contribution in [-0.4, -0.2) is 36.2 Å². The summed E-state index contributed by atoms with van der Waals surface area (Å²) in [5.41, 5.74) is 3.28. The molecule has 0 fully saturated rings. The number of phenols is 1. The minimum absolute atomic E-state index is 0.0625. The minimum Gasteiger partial charge on any atom is -0.507 e. The van der Waals surface area contributed by atoms with Crippen molar-refractivity contribution in [3.05, 3.63) is 75.8 Å². The average Bonchev–Trinajstić information content (AvgIpc) is 2.67. The molecule has 0 spiro atoms. The van der Waals surface area contributed by atoms with Crippen LogP contribution in [0.15, 0.2) is 59.7 Å². The predicted octanol–water partition coefficient (Wildman–Crippen LogP) is 3.28. The Labute approximate surface area is 160 Å². The van der Waals surface area contributed by atoms with E-state index in [1.807, 2.05) is 24.3 Å². The third-order valence-corrected chi connectivity index (χ3v) is 4.17. The summed E-state index contributed by atoms with van der Waals surface area (Å²) in [5.74, 6) is -0.740. The van der Waals surface area contributed by atoms with Crippen molar-refractivity contribution in [1.82, 2.24) is 5.43 Å². The maximum atomic E-state index is 12.3. The van der Waals surface area contributed by atoms with Crippen molar-refractivity contribution in [2.24, 2.45) is 5.10 Å². The lowest BCUT2D eigenvalue weighted by molar-refractivity contribution is -0.384. The van der Waals surface area contributed by atoms with E-state index in [2.05, 4.69) is 10.5 Å². The topological polar surface area (TPSA) is 108 Å². The number of hydrazone groups is 1. The Kier molecular flexibility index (Phi) is 5.21. The lowest BCUT2D eigenvalue weighted by Gasteiger charge is -2.12. The second-order valence-electron chi connectivity index (χ2n) is 6.32. The largest absolute Gasteiger partial charge is 0.507 e. The molecule has 0 saturated heterocycles. The molecule has 0 unspecified atom stereocenters. The number of fused-ring (bicyclic) bond motifs is 1. The summed E-state index contributed by atoms with van der Waals surface area (Å²) in [5, 5.41) is 26.8. The first kappa shape index (κ1) is 18.8. The van der Waals surface area contributed by atoms with Crippen molar-refractivity contribution in [3.8, 4) is 5.75 Å². The zero-order valence-electron chi connectivity index (χ0n) is 15.3. The molecule has 0 aliphatic carbocycles. The molecular formula is C20H18N4O4. The number of carbonyl (C=O) groups excluding carboxylic acids is 1. The summed E-state index contributed by atoms with van der Waals surface area (Å²) in [6.45, 7) is 0. The summed E-state index contributed by atoms with van der Waals surface area (Å²) in [7, 11) is 3.43. The van der Waals surface area contributed by atoms with Gasteiger partial charge in [-0.3, -0.25) is 14.9 Å². The van der Waals surface area contributed by atoms with Crippen LogP contribution in [0, 0.1) is 10.1 Å². The predicted molar refractivity (Wildman–Crippen MR) is 108 cm³/mol. The molecule has 0 aliphatic rings. The zero-order chi connectivity index (χ0) is 20.3. The first-order chi connectivity index (χ1) is 13.4. The van der Waals surface area contributed by atoms with E-state index < -0.39 is 10.8 Å². The van der Waals surface area contributed by atoms with Crippen LogP contribution in [0.4, 0.5) is 11.4 Å². The summed E-state index contributed by atoms with van der Waals surface area (Å²) >= 11 is 0.